The van der Waals surface area contributed by atoms with Crippen molar-refractivity contribution in [3.8, 4) is 79.7 Å². The zero-order chi connectivity index (χ0) is 99.1. The summed E-state index contributed by atoms with van der Waals surface area (Å²) in [6.45, 7) is 28.3. The lowest BCUT2D eigenvalue weighted by Gasteiger charge is -2.27. The molecule has 0 aliphatic heterocycles. The standard InChI is InChI=1S/C28H24N2O2.2C24H24N2O2.C20H28N2O3Si2.C19H22N2O2/c1-19-9-7-11-21(27(19)31)17-29-25-15-5-3-13-23(25)24-14-4-6-16-26(24)30-18-22-12-8-10-20(2)28(22)32;1-17-7-5-11-21(23(17)27)15-25-13-19-9-3-4-10-20(19)14-26-16-22-12-6-8-18(2)24(22)28;1-18-8-5-11-20(23(18)27)16-25-14-7-15-26-17-21-12-6-13-22(24(21)28)19-9-3-2-4-10-19;1-15-9-7-11-17(19(15)23)13-21-26(3,4)25-27(5,6)22-14-18-12-8-10-16(2)20(18)24;1-14-6-3-8-16(18(14)22)12-20-10-5-11-21-13-17-9-4-7-15(2)19(17)23/h3-18,31-32H,1-2H3;3-12,15-16,27-28H,13-14H2,1-2H3;2-6,8-13,16-17,27-28H,7,14-15H2,1H3;7-14,23-24H,1-6H3;3-4,6-9,12-13,22-23H,5,10-11H2,1-2H3. The molecule has 0 radical (unpaired) electrons. The van der Waals surface area contributed by atoms with E-state index in [1.807, 2.05) is 374 Å². The lowest BCUT2D eigenvalue weighted by Crippen LogP contribution is -2.42. The summed E-state index contributed by atoms with van der Waals surface area (Å²) in [5.74, 6) is 2.57. The second kappa shape index (κ2) is 52.2. The van der Waals surface area contributed by atoms with Crippen LogP contribution in [0.4, 0.5) is 11.4 Å². The van der Waals surface area contributed by atoms with E-state index in [-0.39, 0.29) is 57.5 Å². The third-order valence-electron chi connectivity index (χ3n) is 22.1. The van der Waals surface area contributed by atoms with Crippen molar-refractivity contribution in [1.29, 1.82) is 0 Å². The van der Waals surface area contributed by atoms with Gasteiger partial charge in [-0.3, -0.25) is 49.3 Å². The molecule has 10 N–H and O–H groups in total. The molecule has 138 heavy (non-hydrogen) atoms. The van der Waals surface area contributed by atoms with E-state index in [1.165, 1.54) is 0 Å². The van der Waals surface area contributed by atoms with Gasteiger partial charge in [-0.2, -0.15) is 0 Å². The van der Waals surface area contributed by atoms with E-state index in [1.54, 1.807) is 62.1 Å². The number of phenols is 10. The molecule has 0 spiro atoms. The zero-order valence-corrected chi connectivity index (χ0v) is 82.4. The first-order valence-electron chi connectivity index (χ1n) is 45.4. The van der Waals surface area contributed by atoms with E-state index >= 15 is 0 Å². The van der Waals surface area contributed by atoms with Gasteiger partial charge in [-0.1, -0.05) is 212 Å². The fraction of sp³-hybridized carbons (Fsp3) is 0.183. The molecule has 0 aromatic heterocycles. The number of rotatable bonds is 30. The predicted octanol–water partition coefficient (Wildman–Crippen LogP) is 25.2. The first-order valence-corrected chi connectivity index (χ1v) is 51.2. The maximum atomic E-state index is 10.5. The highest BCUT2D eigenvalue weighted by atomic mass is 28.4. The number of hydrogen-bond donors (Lipinski definition) is 10. The summed E-state index contributed by atoms with van der Waals surface area (Å²) < 4.78 is 15.6. The summed E-state index contributed by atoms with van der Waals surface area (Å²) in [5.41, 5.74) is 21.8. The van der Waals surface area contributed by atoms with Gasteiger partial charge >= 0.3 is 17.0 Å². The maximum Gasteiger partial charge on any atom is 0.304 e. The monoisotopic (exact) mass is 1870 g/mol. The van der Waals surface area contributed by atoms with Crippen LogP contribution in [-0.2, 0) is 17.2 Å². The van der Waals surface area contributed by atoms with E-state index in [0.717, 1.165) is 124 Å². The fourth-order valence-corrected chi connectivity index (χ4v) is 20.3. The van der Waals surface area contributed by atoms with Crippen molar-refractivity contribution in [2.24, 2.45) is 49.3 Å². The van der Waals surface area contributed by atoms with Crippen molar-refractivity contribution in [3.05, 3.63) is 402 Å². The Balaban J connectivity index is 0.000000179. The summed E-state index contributed by atoms with van der Waals surface area (Å²) in [4.78, 5) is 35.7. The first kappa shape index (κ1) is 104. The van der Waals surface area contributed by atoms with E-state index in [0.29, 0.717) is 78.2 Å². The minimum atomic E-state index is -2.38. The van der Waals surface area contributed by atoms with Crippen molar-refractivity contribution in [2.75, 3.05) is 26.2 Å². The Bertz CT molecular complexity index is 6460. The number of benzene rings is 14. The Kier molecular flexibility index (Phi) is 39.4. The van der Waals surface area contributed by atoms with Crippen molar-refractivity contribution < 1.29 is 55.2 Å². The third-order valence-corrected chi connectivity index (χ3v) is 27.6. The molecule has 21 nitrogen and oxygen atoms in total. The third kappa shape index (κ3) is 31.4. The number of para-hydroxylation sites is 12. The second-order valence-electron chi connectivity index (χ2n) is 33.8. The summed E-state index contributed by atoms with van der Waals surface area (Å²) >= 11 is 0. The molecular weight excluding hydrogens is 1750 g/mol. The molecule has 706 valence electrons. The first-order chi connectivity index (χ1) is 66.4. The van der Waals surface area contributed by atoms with Crippen LogP contribution in [-0.4, -0.2) is 156 Å². The molecule has 23 heteroatoms. The number of nitrogens with zero attached hydrogens (tertiary/aromatic N) is 10. The highest BCUT2D eigenvalue weighted by molar-refractivity contribution is 6.84. The number of aromatic hydroxyl groups is 10. The Morgan fingerprint density at radius 2 is 0.435 bits per heavy atom. The minimum Gasteiger partial charge on any atom is -0.507 e. The van der Waals surface area contributed by atoms with E-state index in [9.17, 15) is 51.1 Å². The minimum absolute atomic E-state index is 0.233. The number of hydrogen-bond acceptors (Lipinski definition) is 21. The molecule has 0 saturated heterocycles. The van der Waals surface area contributed by atoms with Crippen molar-refractivity contribution in [2.45, 2.75) is 114 Å². The van der Waals surface area contributed by atoms with Crippen LogP contribution < -0.4 is 0 Å². The van der Waals surface area contributed by atoms with Crippen LogP contribution >= 0.6 is 0 Å². The predicted molar refractivity (Wildman–Crippen MR) is 575 cm³/mol. The van der Waals surface area contributed by atoms with Crippen LogP contribution in [0.1, 0.15) is 130 Å². The number of aryl methyl sites for hydroxylation is 9. The summed E-state index contributed by atoms with van der Waals surface area (Å²) in [7, 11) is -4.76. The Morgan fingerprint density at radius 1 is 0.217 bits per heavy atom. The van der Waals surface area contributed by atoms with Crippen molar-refractivity contribution in [1.82, 2.24) is 0 Å². The van der Waals surface area contributed by atoms with Crippen LogP contribution in [0.2, 0.25) is 26.2 Å². The van der Waals surface area contributed by atoms with Gasteiger partial charge in [0.25, 0.3) is 0 Å². The van der Waals surface area contributed by atoms with E-state index in [2.05, 4.69) is 49.3 Å². The number of aliphatic imine (C=N–C) groups is 8. The van der Waals surface area contributed by atoms with Gasteiger partial charge in [0.05, 0.1) is 24.5 Å². The highest BCUT2D eigenvalue weighted by Gasteiger charge is 2.33. The fourth-order valence-electron chi connectivity index (χ4n) is 14.1. The van der Waals surface area contributed by atoms with Gasteiger partial charge in [-0.05, 0) is 241 Å². The average molecular weight is 1880 g/mol. The van der Waals surface area contributed by atoms with Gasteiger partial charge < -0.3 is 55.2 Å². The molecule has 0 atom stereocenters. The Hall–Kier alpha value is -15.8. The molecule has 14 rings (SSSR count). The van der Waals surface area contributed by atoms with Gasteiger partial charge in [0.2, 0.25) is 0 Å². The topological polar surface area (TPSA) is 335 Å². The molecule has 14 aromatic rings. The van der Waals surface area contributed by atoms with E-state index in [4.69, 9.17) is 4.12 Å². The summed E-state index contributed by atoms with van der Waals surface area (Å²) in [6, 6.07) is 89.5. The van der Waals surface area contributed by atoms with Gasteiger partial charge in [0.15, 0.2) is 0 Å². The van der Waals surface area contributed by atoms with Gasteiger partial charge in [-0.15, -0.1) is 0 Å². The normalized spacial score (nSPS) is 11.8. The lowest BCUT2D eigenvalue weighted by atomic mass is 10.0. The molecular formula is C115H122N10O11Si2. The molecule has 0 aliphatic rings. The van der Waals surface area contributed by atoms with Crippen LogP contribution in [0.15, 0.2) is 334 Å². The molecule has 0 aliphatic carbocycles. The van der Waals surface area contributed by atoms with Gasteiger partial charge in [-0.25, -0.2) is 0 Å². The molecule has 0 heterocycles. The molecule has 14 aromatic carbocycles. The lowest BCUT2D eigenvalue weighted by molar-refractivity contribution is 0.469. The van der Waals surface area contributed by atoms with Gasteiger partial charge in [0, 0.05) is 161 Å². The Labute approximate surface area is 812 Å². The van der Waals surface area contributed by atoms with Crippen LogP contribution in [0, 0.1) is 62.3 Å². The largest absolute Gasteiger partial charge is 0.507 e. The molecule has 0 saturated carbocycles. The molecule has 0 bridgehead atoms. The Morgan fingerprint density at radius 3 is 0.717 bits per heavy atom. The van der Waals surface area contributed by atoms with Crippen molar-refractivity contribution in [3.63, 3.8) is 0 Å². The highest BCUT2D eigenvalue weighted by Crippen LogP contribution is 2.39. The number of phenolic OH excluding ortho intramolecular Hbond substituents is 10. The van der Waals surface area contributed by atoms with Crippen molar-refractivity contribution >= 4 is 90.5 Å². The van der Waals surface area contributed by atoms with Crippen LogP contribution in [0.5, 0.6) is 57.5 Å². The molecule has 0 fully saturated rings. The second-order valence-corrected chi connectivity index (χ2v) is 41.0. The van der Waals surface area contributed by atoms with Crippen LogP contribution in [0.3, 0.4) is 0 Å². The molecule has 0 amide bonds. The smallest absolute Gasteiger partial charge is 0.304 e. The van der Waals surface area contributed by atoms with Crippen LogP contribution in [0.25, 0.3) is 22.3 Å². The van der Waals surface area contributed by atoms with E-state index < -0.39 is 17.0 Å². The zero-order valence-electron chi connectivity index (χ0n) is 80.4. The average Bonchev–Trinajstić information content (AvgIpc) is 0.823. The quantitative estimate of drug-likeness (QED) is 0.0115. The summed E-state index contributed by atoms with van der Waals surface area (Å²) in [6.07, 6.45) is 18.5. The molecule has 0 unspecified atom stereocenters. The van der Waals surface area contributed by atoms with Gasteiger partial charge in [0.1, 0.15) is 57.5 Å². The summed E-state index contributed by atoms with van der Waals surface area (Å²) in [5, 5.41) is 101. The maximum absolute atomic E-state index is 10.5. The SMILES string of the molecule is Cc1cccc(C=NCCCN=Cc2cccc(-c3ccccc3)c2O)c1O.Cc1cccc(C=NCCCN=Cc2cccc(C)c2O)c1O.Cc1cccc(C=NCc2ccccc2CN=Cc2cccc(C)c2O)c1O.Cc1cccc(C=N[Si](C)(C)O[Si](C)(C)N=Cc2cccc(C)c2O)c1O.Cc1cccc(C=Nc2ccccc2-c2ccccc2N=Cc2cccc(C)c2O)c1O.